The summed E-state index contributed by atoms with van der Waals surface area (Å²) < 4.78 is 28.9. The molecule has 5 heteroatoms. The first-order valence-corrected chi connectivity index (χ1v) is 7.00. The molecule has 0 bridgehead atoms. The summed E-state index contributed by atoms with van der Waals surface area (Å²) in [4.78, 5) is 11.5. The third-order valence-electron chi connectivity index (χ3n) is 3.56. The first-order valence-electron chi connectivity index (χ1n) is 7.00. The smallest absolute Gasteiger partial charge is 0.560 e. The van der Waals surface area contributed by atoms with Crippen molar-refractivity contribution >= 4 is 5.97 Å². The number of rotatable bonds is 4. The van der Waals surface area contributed by atoms with Crippen LogP contribution in [0.2, 0.25) is 0 Å². The molecule has 0 saturated heterocycles. The van der Waals surface area contributed by atoms with Crippen molar-refractivity contribution in [2.45, 2.75) is 6.54 Å². The van der Waals surface area contributed by atoms with Gasteiger partial charge in [-0.1, -0.05) is 30.3 Å². The van der Waals surface area contributed by atoms with Crippen LogP contribution in [0.25, 0.3) is 11.1 Å². The molecule has 3 rings (SSSR count). The molecule has 0 spiro atoms. The second-order valence-electron chi connectivity index (χ2n) is 5.18. The van der Waals surface area contributed by atoms with Crippen LogP contribution in [-0.4, -0.2) is 15.6 Å². The summed E-state index contributed by atoms with van der Waals surface area (Å²) in [6, 6.07) is 14.0. The Kier molecular flexibility index (Phi) is 3.93. The van der Waals surface area contributed by atoms with Gasteiger partial charge in [0.15, 0.2) is 5.69 Å². The summed E-state index contributed by atoms with van der Waals surface area (Å²) >= 11 is 0. The summed E-state index contributed by atoms with van der Waals surface area (Å²) in [5, 5.41) is 7.37. The summed E-state index contributed by atoms with van der Waals surface area (Å²) in [7, 11) is 0. The van der Waals surface area contributed by atoms with Gasteiger partial charge >= 0.3 is 5.97 Å². The lowest BCUT2D eigenvalue weighted by Gasteiger charge is -2.04. The van der Waals surface area contributed by atoms with Gasteiger partial charge in [0.2, 0.25) is 0 Å². The third kappa shape index (κ3) is 3.13. The quantitative estimate of drug-likeness (QED) is 0.681. The minimum absolute atomic E-state index is 0.0688. The molecule has 23 heavy (non-hydrogen) atoms. The minimum Gasteiger partial charge on any atom is -0.560 e. The molecule has 0 fully saturated rings. The first kappa shape index (κ1) is 15.0. The highest BCUT2D eigenvalue weighted by atomic mass is 19.1. The van der Waals surface area contributed by atoms with Crippen LogP contribution in [0.4, 0.5) is 8.78 Å². The Balaban J connectivity index is 2.05. The fraction of sp³-hybridized carbons (Fsp3) is 0.0556. The average Bonchev–Trinajstić information content (AvgIpc) is 2.94. The zero-order valence-electron chi connectivity index (χ0n) is 12.1. The van der Waals surface area contributed by atoms with Crippen LogP contribution in [0, 0.1) is 11.6 Å². The standard InChI is InChI=1S/C18H13F2NO2/c19-14-6-7-16(20)15(9-14)13-8-17(18(22)23)21(11-13)10-12-4-2-1-3-5-12/h1-9,11H,10H2,(H,22,23)/p+1. The minimum atomic E-state index is -0.871. The molecule has 116 valence electrons. The van der Waals surface area contributed by atoms with Gasteiger partial charge in [0.05, 0.1) is 0 Å². The molecule has 2 aromatic carbocycles. The molecule has 1 aromatic heterocycles. The van der Waals surface area contributed by atoms with Gasteiger partial charge < -0.3 is 9.67 Å². The van der Waals surface area contributed by atoms with E-state index in [0.29, 0.717) is 12.1 Å². The number of carbonyl (C=O) groups is 1. The molecule has 1 heterocycles. The fourth-order valence-electron chi connectivity index (χ4n) is 2.48. The van der Waals surface area contributed by atoms with Crippen molar-refractivity contribution in [2.24, 2.45) is 0 Å². The maximum Gasteiger partial charge on any atom is 0.565 e. The van der Waals surface area contributed by atoms with Crippen LogP contribution in [-0.2, 0) is 6.54 Å². The van der Waals surface area contributed by atoms with Crippen LogP contribution < -0.4 is 0 Å². The van der Waals surface area contributed by atoms with Crippen LogP contribution in [0.15, 0.2) is 60.8 Å². The lowest BCUT2D eigenvalue weighted by molar-refractivity contribution is 0.0685. The van der Waals surface area contributed by atoms with Crippen LogP contribution in [0.1, 0.15) is 16.1 Å². The Labute approximate surface area is 131 Å². The molecule has 0 atom stereocenters. The monoisotopic (exact) mass is 314 g/mol. The molecular formula is C18H14F2NO2+. The number of hydrogen-bond acceptors (Lipinski definition) is 1. The molecule has 2 N–H and O–H groups in total. The summed E-state index contributed by atoms with van der Waals surface area (Å²) in [6.07, 6.45) is 1.56. The van der Waals surface area contributed by atoms with E-state index in [9.17, 15) is 13.6 Å². The molecule has 3 nitrogen and oxygen atoms in total. The maximum absolute atomic E-state index is 13.9. The molecule has 0 aliphatic heterocycles. The van der Waals surface area contributed by atoms with E-state index in [-0.39, 0.29) is 11.3 Å². The van der Waals surface area contributed by atoms with Crippen LogP contribution in [0.3, 0.4) is 0 Å². The van der Waals surface area contributed by atoms with Gasteiger partial charge in [0.25, 0.3) is 0 Å². The van der Waals surface area contributed by atoms with E-state index in [1.54, 1.807) is 10.8 Å². The number of nitrogens with zero attached hydrogens (tertiary/aromatic N) is 1. The van der Waals surface area contributed by atoms with Crippen LogP contribution in [0.5, 0.6) is 0 Å². The Morgan fingerprint density at radius 1 is 1.04 bits per heavy atom. The fourth-order valence-corrected chi connectivity index (χ4v) is 2.48. The number of aromatic nitrogens is 1. The highest BCUT2D eigenvalue weighted by molar-refractivity contribution is 5.88. The maximum atomic E-state index is 13.9. The Bertz CT molecular complexity index is 857. The molecule has 0 saturated carbocycles. The second-order valence-corrected chi connectivity index (χ2v) is 5.18. The summed E-state index contributed by atoms with van der Waals surface area (Å²) in [5.74, 6) is -2.01. The molecular weight excluding hydrogens is 300 g/mol. The Hall–Kier alpha value is -2.95. The zero-order chi connectivity index (χ0) is 16.4. The van der Waals surface area contributed by atoms with Gasteiger partial charge in [-0.2, -0.15) is 0 Å². The number of benzene rings is 2. The van der Waals surface area contributed by atoms with Crippen LogP contribution >= 0.6 is 0 Å². The Morgan fingerprint density at radius 3 is 2.48 bits per heavy atom. The van der Waals surface area contributed by atoms with Crippen molar-refractivity contribution in [3.8, 4) is 11.1 Å². The van der Waals surface area contributed by atoms with Gasteiger partial charge in [-0.25, -0.2) is 8.78 Å². The zero-order valence-corrected chi connectivity index (χ0v) is 12.1. The number of carbonyl (C=O) groups excluding carboxylic acids is 1. The Morgan fingerprint density at radius 2 is 1.78 bits per heavy atom. The predicted octanol–water partition coefficient (Wildman–Crippen LogP) is 3.35. The van der Waals surface area contributed by atoms with Gasteiger partial charge in [-0.3, -0.25) is 0 Å². The van der Waals surface area contributed by atoms with Crippen molar-refractivity contribution in [2.75, 3.05) is 0 Å². The van der Waals surface area contributed by atoms with Crippen molar-refractivity contribution in [1.29, 1.82) is 0 Å². The largest absolute Gasteiger partial charge is 0.565 e. The average molecular weight is 314 g/mol. The van der Waals surface area contributed by atoms with E-state index in [1.807, 2.05) is 30.3 Å². The normalized spacial score (nSPS) is 10.7. The summed E-state index contributed by atoms with van der Waals surface area (Å²) in [6.45, 7) is 0.373. The number of halogens is 2. The second kappa shape index (κ2) is 6.04. The van der Waals surface area contributed by atoms with E-state index in [1.165, 1.54) is 6.07 Å². The molecule has 0 aliphatic carbocycles. The third-order valence-corrected chi connectivity index (χ3v) is 3.56. The molecule has 0 amide bonds. The van der Waals surface area contributed by atoms with E-state index in [0.717, 1.165) is 23.8 Å². The highest BCUT2D eigenvalue weighted by Gasteiger charge is 2.21. The van der Waals surface area contributed by atoms with E-state index >= 15 is 0 Å². The molecule has 0 aliphatic rings. The summed E-state index contributed by atoms with van der Waals surface area (Å²) in [5.41, 5.74) is 1.51. The van der Waals surface area contributed by atoms with Crippen molar-refractivity contribution in [3.05, 3.63) is 83.7 Å². The molecule has 0 unspecified atom stereocenters. The lowest BCUT2D eigenvalue weighted by Crippen LogP contribution is -2.08. The van der Waals surface area contributed by atoms with Gasteiger partial charge in [0, 0.05) is 28.7 Å². The van der Waals surface area contributed by atoms with Gasteiger partial charge in [0.1, 0.15) is 11.6 Å². The van der Waals surface area contributed by atoms with Crippen molar-refractivity contribution in [1.82, 2.24) is 4.57 Å². The van der Waals surface area contributed by atoms with Gasteiger partial charge in [-0.05, 0) is 29.8 Å². The van der Waals surface area contributed by atoms with E-state index in [2.05, 4.69) is 0 Å². The molecule has 0 radical (unpaired) electrons. The van der Waals surface area contributed by atoms with E-state index < -0.39 is 17.6 Å². The van der Waals surface area contributed by atoms with Gasteiger partial charge in [-0.15, -0.1) is 0 Å². The van der Waals surface area contributed by atoms with Crippen molar-refractivity contribution < 1.29 is 18.7 Å². The topological polar surface area (TPSA) is 44.9 Å². The SMILES string of the molecule is O=C([OH2+])c1cc(-c2cc(F)ccc2F)cn1Cc1ccccc1. The predicted molar refractivity (Wildman–Crippen MR) is 83.3 cm³/mol. The number of hydrogen-bond donors (Lipinski definition) is 0. The molecule has 3 aromatic rings. The van der Waals surface area contributed by atoms with Crippen molar-refractivity contribution in [3.63, 3.8) is 0 Å². The highest BCUT2D eigenvalue weighted by Crippen LogP contribution is 2.26. The lowest BCUT2D eigenvalue weighted by atomic mass is 10.1. The first-order chi connectivity index (χ1) is 11.0. The van der Waals surface area contributed by atoms with E-state index in [4.69, 9.17) is 5.11 Å².